The first-order valence-electron chi connectivity index (χ1n) is 10.2. The first-order valence-corrected chi connectivity index (χ1v) is 10.2. The summed E-state index contributed by atoms with van der Waals surface area (Å²) in [5.74, 6) is -0.761. The molecular formula is C23H28N2O5. The van der Waals surface area contributed by atoms with Crippen molar-refractivity contribution in [2.75, 3.05) is 31.8 Å². The lowest BCUT2D eigenvalue weighted by Crippen LogP contribution is -2.24. The van der Waals surface area contributed by atoms with Crippen molar-refractivity contribution in [1.29, 1.82) is 0 Å². The summed E-state index contributed by atoms with van der Waals surface area (Å²) in [6.45, 7) is 5.59. The predicted molar refractivity (Wildman–Crippen MR) is 113 cm³/mol. The molecule has 0 aliphatic carbocycles. The number of hydrogen-bond acceptors (Lipinski definition) is 5. The Bertz CT molecular complexity index is 947. The van der Waals surface area contributed by atoms with Gasteiger partial charge in [-0.05, 0) is 51.0 Å². The van der Waals surface area contributed by atoms with E-state index in [-0.39, 0.29) is 18.3 Å². The fraction of sp³-hybridized carbons (Fsp3) is 0.435. The maximum Gasteiger partial charge on any atom is 0.338 e. The highest BCUT2D eigenvalue weighted by Crippen LogP contribution is 2.23. The molecule has 7 nitrogen and oxygen atoms in total. The number of esters is 1. The van der Waals surface area contributed by atoms with E-state index in [1.807, 2.05) is 19.9 Å². The number of rotatable bonds is 9. The first kappa shape index (κ1) is 21.8. The average Bonchev–Trinajstić information content (AvgIpc) is 3.29. The smallest absolute Gasteiger partial charge is 0.338 e. The number of Topliss-reactive ketones (excluding diaryl/α,β-unsaturated/α-hetero) is 1. The summed E-state index contributed by atoms with van der Waals surface area (Å²) in [7, 11) is 1.66. The van der Waals surface area contributed by atoms with Gasteiger partial charge in [-0.3, -0.25) is 9.59 Å². The maximum atomic E-state index is 12.6. The van der Waals surface area contributed by atoms with Crippen LogP contribution in [0.2, 0.25) is 0 Å². The molecule has 7 heteroatoms. The Morgan fingerprint density at radius 3 is 2.67 bits per heavy atom. The largest absolute Gasteiger partial charge is 0.454 e. The molecule has 0 atom stereocenters. The van der Waals surface area contributed by atoms with Crippen LogP contribution in [-0.4, -0.2) is 49.1 Å². The van der Waals surface area contributed by atoms with Gasteiger partial charge < -0.3 is 18.9 Å². The minimum Gasteiger partial charge on any atom is -0.454 e. The molecule has 0 spiro atoms. The van der Waals surface area contributed by atoms with Crippen molar-refractivity contribution in [3.8, 4) is 0 Å². The van der Waals surface area contributed by atoms with Crippen molar-refractivity contribution in [3.63, 3.8) is 0 Å². The summed E-state index contributed by atoms with van der Waals surface area (Å²) in [6.07, 6.45) is 2.18. The molecule has 1 aliphatic heterocycles. The van der Waals surface area contributed by atoms with Gasteiger partial charge in [0.15, 0.2) is 6.61 Å². The molecule has 160 valence electrons. The van der Waals surface area contributed by atoms with Crippen molar-refractivity contribution in [2.24, 2.45) is 0 Å². The lowest BCUT2D eigenvalue weighted by molar-refractivity contribution is -0.117. The topological polar surface area (TPSA) is 77.8 Å². The number of benzene rings is 1. The van der Waals surface area contributed by atoms with Crippen molar-refractivity contribution in [1.82, 2.24) is 4.57 Å². The molecule has 0 N–H and O–H groups in total. The molecule has 1 amide bonds. The number of aryl methyl sites for hydroxylation is 1. The van der Waals surface area contributed by atoms with Gasteiger partial charge in [0, 0.05) is 55.9 Å². The number of ether oxygens (including phenoxy) is 2. The standard InChI is InChI=1S/C23H28N2O5/c1-16-13-20(17(2)24(16)11-6-12-29-3)21(26)15-30-23(28)18-7-4-8-19(14-18)25-10-5-9-22(25)27/h4,7-8,13-14H,5-6,9-12,15H2,1-3H3. The molecule has 0 saturated carbocycles. The molecule has 2 heterocycles. The Morgan fingerprint density at radius 2 is 1.97 bits per heavy atom. The van der Waals surface area contributed by atoms with Gasteiger partial charge in [-0.1, -0.05) is 6.07 Å². The molecule has 1 aromatic carbocycles. The molecule has 0 unspecified atom stereocenters. The fourth-order valence-electron chi connectivity index (χ4n) is 3.81. The van der Waals surface area contributed by atoms with Gasteiger partial charge in [-0.25, -0.2) is 4.79 Å². The predicted octanol–water partition coefficient (Wildman–Crippen LogP) is 3.31. The second-order valence-corrected chi connectivity index (χ2v) is 7.48. The number of amides is 1. The minimum atomic E-state index is -0.578. The summed E-state index contributed by atoms with van der Waals surface area (Å²) >= 11 is 0. The third-order valence-electron chi connectivity index (χ3n) is 5.41. The van der Waals surface area contributed by atoms with Gasteiger partial charge in [-0.2, -0.15) is 0 Å². The van der Waals surface area contributed by atoms with Gasteiger partial charge in [0.1, 0.15) is 0 Å². The Morgan fingerprint density at radius 1 is 1.17 bits per heavy atom. The van der Waals surface area contributed by atoms with E-state index in [1.165, 1.54) is 0 Å². The zero-order chi connectivity index (χ0) is 21.7. The van der Waals surface area contributed by atoms with Gasteiger partial charge in [-0.15, -0.1) is 0 Å². The second-order valence-electron chi connectivity index (χ2n) is 7.48. The van der Waals surface area contributed by atoms with Crippen LogP contribution in [0, 0.1) is 13.8 Å². The van der Waals surface area contributed by atoms with Crippen molar-refractivity contribution >= 4 is 23.3 Å². The van der Waals surface area contributed by atoms with Crippen LogP contribution in [-0.2, 0) is 20.8 Å². The maximum absolute atomic E-state index is 12.6. The summed E-state index contributed by atoms with van der Waals surface area (Å²) in [5, 5.41) is 0. The lowest BCUT2D eigenvalue weighted by Gasteiger charge is -2.16. The van der Waals surface area contributed by atoms with Gasteiger partial charge in [0.25, 0.3) is 0 Å². The van der Waals surface area contributed by atoms with Gasteiger partial charge >= 0.3 is 5.97 Å². The molecular weight excluding hydrogens is 384 g/mol. The van der Waals surface area contributed by atoms with Crippen molar-refractivity contribution < 1.29 is 23.9 Å². The molecule has 0 radical (unpaired) electrons. The SMILES string of the molecule is COCCCn1c(C)cc(C(=O)COC(=O)c2cccc(N3CCCC3=O)c2)c1C. The van der Waals surface area contributed by atoms with E-state index in [4.69, 9.17) is 9.47 Å². The van der Waals surface area contributed by atoms with Crippen LogP contribution in [0.3, 0.4) is 0 Å². The first-order chi connectivity index (χ1) is 14.4. The minimum absolute atomic E-state index is 0.0524. The quantitative estimate of drug-likeness (QED) is 0.359. The van der Waals surface area contributed by atoms with Gasteiger partial charge in [0.05, 0.1) is 5.56 Å². The van der Waals surface area contributed by atoms with E-state index >= 15 is 0 Å². The molecule has 1 aliphatic rings. The van der Waals surface area contributed by atoms with Crippen LogP contribution in [0.15, 0.2) is 30.3 Å². The number of ketones is 1. The van der Waals surface area contributed by atoms with E-state index in [0.717, 1.165) is 30.8 Å². The third-order valence-corrected chi connectivity index (χ3v) is 5.41. The number of carbonyl (C=O) groups excluding carboxylic acids is 3. The molecule has 1 aromatic heterocycles. The third kappa shape index (κ3) is 4.79. The monoisotopic (exact) mass is 412 g/mol. The van der Waals surface area contributed by atoms with Crippen LogP contribution in [0.5, 0.6) is 0 Å². The number of methoxy groups -OCH3 is 1. The Kier molecular flexibility index (Phi) is 7.05. The normalized spacial score (nSPS) is 13.7. The van der Waals surface area contributed by atoms with Crippen molar-refractivity contribution in [2.45, 2.75) is 39.7 Å². The summed E-state index contributed by atoms with van der Waals surface area (Å²) in [6, 6.07) is 8.60. The Hall–Kier alpha value is -2.93. The Balaban J connectivity index is 1.63. The van der Waals surface area contributed by atoms with E-state index < -0.39 is 5.97 Å². The molecule has 2 aromatic rings. The molecule has 1 fully saturated rings. The van der Waals surface area contributed by atoms with Crippen LogP contribution >= 0.6 is 0 Å². The zero-order valence-corrected chi connectivity index (χ0v) is 17.8. The Labute approximate surface area is 176 Å². The van der Waals surface area contributed by atoms with E-state index in [2.05, 4.69) is 4.57 Å². The highest BCUT2D eigenvalue weighted by atomic mass is 16.5. The van der Waals surface area contributed by atoms with Crippen LogP contribution < -0.4 is 4.90 Å². The summed E-state index contributed by atoms with van der Waals surface area (Å²) in [4.78, 5) is 38.7. The summed E-state index contributed by atoms with van der Waals surface area (Å²) in [5.41, 5.74) is 3.41. The highest BCUT2D eigenvalue weighted by molar-refractivity contribution is 6.01. The van der Waals surface area contributed by atoms with Crippen molar-refractivity contribution in [3.05, 3.63) is 52.8 Å². The van der Waals surface area contributed by atoms with Gasteiger partial charge in [0.2, 0.25) is 11.7 Å². The number of aromatic nitrogens is 1. The second kappa shape index (κ2) is 9.71. The number of nitrogens with zero attached hydrogens (tertiary/aromatic N) is 2. The highest BCUT2D eigenvalue weighted by Gasteiger charge is 2.23. The van der Waals surface area contributed by atoms with E-state index in [9.17, 15) is 14.4 Å². The molecule has 3 rings (SSSR count). The molecule has 30 heavy (non-hydrogen) atoms. The van der Waals surface area contributed by atoms with E-state index in [1.54, 1.807) is 36.3 Å². The molecule has 0 bridgehead atoms. The van der Waals surface area contributed by atoms with Crippen LogP contribution in [0.1, 0.15) is 51.4 Å². The molecule has 1 saturated heterocycles. The summed E-state index contributed by atoms with van der Waals surface area (Å²) < 4.78 is 12.4. The van der Waals surface area contributed by atoms with Crippen LogP contribution in [0.25, 0.3) is 0 Å². The fourth-order valence-corrected chi connectivity index (χ4v) is 3.81. The lowest BCUT2D eigenvalue weighted by atomic mass is 10.1. The number of carbonyl (C=O) groups is 3. The zero-order valence-electron chi connectivity index (χ0n) is 17.8. The number of hydrogen-bond donors (Lipinski definition) is 0. The van der Waals surface area contributed by atoms with Crippen LogP contribution in [0.4, 0.5) is 5.69 Å². The van der Waals surface area contributed by atoms with E-state index in [0.29, 0.717) is 36.4 Å². The average molecular weight is 412 g/mol. The number of anilines is 1.